The van der Waals surface area contributed by atoms with Gasteiger partial charge in [-0.1, -0.05) is 15.9 Å². The molecular weight excluding hydrogens is 317 g/mol. The van der Waals surface area contributed by atoms with E-state index in [0.717, 1.165) is 4.47 Å². The van der Waals surface area contributed by atoms with Gasteiger partial charge in [-0.2, -0.15) is 0 Å². The van der Waals surface area contributed by atoms with Crippen LogP contribution in [-0.2, 0) is 0 Å². The molecular formula is C11H11BrFN5O. The molecule has 0 aliphatic rings. The second-order valence-corrected chi connectivity index (χ2v) is 4.41. The molecule has 0 atom stereocenters. The number of methoxy groups -OCH3 is 1. The predicted molar refractivity (Wildman–Crippen MR) is 73.8 cm³/mol. The highest BCUT2D eigenvalue weighted by Crippen LogP contribution is 2.32. The fourth-order valence-corrected chi connectivity index (χ4v) is 1.84. The standard InChI is InChI=1S/C11H11BrFN5O/c1-19-9-10(15-5-16-11(9)18-14)17-8-4-6(12)2-3-7(8)13/h2-5H,14H2,1H3,(H2,15,16,17,18). The van der Waals surface area contributed by atoms with E-state index in [0.29, 0.717) is 17.4 Å². The molecule has 0 aliphatic heterocycles. The minimum atomic E-state index is -0.411. The minimum Gasteiger partial charge on any atom is -0.490 e. The summed E-state index contributed by atoms with van der Waals surface area (Å²) in [7, 11) is 1.45. The molecule has 0 bridgehead atoms. The molecule has 0 fully saturated rings. The van der Waals surface area contributed by atoms with Crippen molar-refractivity contribution in [2.75, 3.05) is 17.9 Å². The Morgan fingerprint density at radius 2 is 2.05 bits per heavy atom. The van der Waals surface area contributed by atoms with Crippen LogP contribution in [0.5, 0.6) is 5.75 Å². The second kappa shape index (κ2) is 5.81. The number of nitrogen functional groups attached to an aromatic ring is 1. The molecule has 19 heavy (non-hydrogen) atoms. The Bertz CT molecular complexity index is 595. The molecule has 0 saturated carbocycles. The number of hydrogen-bond donors (Lipinski definition) is 3. The zero-order chi connectivity index (χ0) is 13.8. The zero-order valence-corrected chi connectivity index (χ0v) is 11.5. The lowest BCUT2D eigenvalue weighted by molar-refractivity contribution is 0.415. The Hall–Kier alpha value is -1.93. The van der Waals surface area contributed by atoms with Gasteiger partial charge in [0.1, 0.15) is 12.1 Å². The Kier molecular flexibility index (Phi) is 4.13. The Labute approximate surface area is 117 Å². The minimum absolute atomic E-state index is 0.259. The number of nitrogens with zero attached hydrogens (tertiary/aromatic N) is 2. The highest BCUT2D eigenvalue weighted by molar-refractivity contribution is 9.10. The number of nitrogens with two attached hydrogens (primary N) is 1. The van der Waals surface area contributed by atoms with Gasteiger partial charge in [-0.05, 0) is 18.2 Å². The Morgan fingerprint density at radius 3 is 2.74 bits per heavy atom. The number of benzene rings is 1. The van der Waals surface area contributed by atoms with E-state index in [2.05, 4.69) is 36.6 Å². The van der Waals surface area contributed by atoms with Crippen molar-refractivity contribution in [1.82, 2.24) is 9.97 Å². The number of hydrazine groups is 1. The average Bonchev–Trinajstić information content (AvgIpc) is 2.42. The third kappa shape index (κ3) is 2.91. The van der Waals surface area contributed by atoms with Gasteiger partial charge in [0, 0.05) is 4.47 Å². The number of hydrogen-bond acceptors (Lipinski definition) is 6. The third-order valence-electron chi connectivity index (χ3n) is 2.33. The molecule has 8 heteroatoms. The topological polar surface area (TPSA) is 85.1 Å². The van der Waals surface area contributed by atoms with Gasteiger partial charge in [-0.3, -0.25) is 0 Å². The Balaban J connectivity index is 2.40. The number of halogens is 2. The number of rotatable bonds is 4. The summed E-state index contributed by atoms with van der Waals surface area (Å²) in [5.74, 6) is 5.81. The van der Waals surface area contributed by atoms with Gasteiger partial charge in [0.15, 0.2) is 11.6 Å². The van der Waals surface area contributed by atoms with Crippen molar-refractivity contribution in [2.45, 2.75) is 0 Å². The lowest BCUT2D eigenvalue weighted by Gasteiger charge is -2.13. The van der Waals surface area contributed by atoms with E-state index in [4.69, 9.17) is 10.6 Å². The smallest absolute Gasteiger partial charge is 0.205 e. The average molecular weight is 328 g/mol. The van der Waals surface area contributed by atoms with E-state index < -0.39 is 5.82 Å². The number of nitrogens with one attached hydrogen (secondary N) is 2. The summed E-state index contributed by atoms with van der Waals surface area (Å²) in [4.78, 5) is 7.89. The van der Waals surface area contributed by atoms with Crippen molar-refractivity contribution in [3.63, 3.8) is 0 Å². The van der Waals surface area contributed by atoms with Gasteiger partial charge in [0.25, 0.3) is 0 Å². The lowest BCUT2D eigenvalue weighted by atomic mass is 10.3. The molecule has 2 aromatic rings. The normalized spacial score (nSPS) is 10.1. The van der Waals surface area contributed by atoms with Crippen molar-refractivity contribution in [1.29, 1.82) is 0 Å². The van der Waals surface area contributed by atoms with E-state index in [1.54, 1.807) is 12.1 Å². The van der Waals surface area contributed by atoms with Gasteiger partial charge < -0.3 is 15.5 Å². The maximum absolute atomic E-state index is 13.7. The van der Waals surface area contributed by atoms with Crippen LogP contribution in [0.2, 0.25) is 0 Å². The van der Waals surface area contributed by atoms with Crippen molar-refractivity contribution in [3.05, 3.63) is 34.8 Å². The van der Waals surface area contributed by atoms with Crippen LogP contribution in [0.3, 0.4) is 0 Å². The SMILES string of the molecule is COc1c(NN)ncnc1Nc1cc(Br)ccc1F. The first-order valence-electron chi connectivity index (χ1n) is 5.23. The first-order chi connectivity index (χ1) is 9.15. The van der Waals surface area contributed by atoms with Crippen LogP contribution in [0.1, 0.15) is 0 Å². The number of ether oxygens (including phenoxy) is 1. The van der Waals surface area contributed by atoms with Gasteiger partial charge in [-0.25, -0.2) is 20.2 Å². The molecule has 6 nitrogen and oxygen atoms in total. The molecule has 1 heterocycles. The van der Waals surface area contributed by atoms with Crippen LogP contribution in [0, 0.1) is 5.82 Å². The fraction of sp³-hybridized carbons (Fsp3) is 0.0909. The molecule has 1 aromatic carbocycles. The molecule has 4 N–H and O–H groups in total. The van der Waals surface area contributed by atoms with Crippen molar-refractivity contribution >= 4 is 33.3 Å². The molecule has 0 radical (unpaired) electrons. The van der Waals surface area contributed by atoms with Gasteiger partial charge in [0.2, 0.25) is 5.75 Å². The largest absolute Gasteiger partial charge is 0.490 e. The number of aromatic nitrogens is 2. The highest BCUT2D eigenvalue weighted by Gasteiger charge is 2.13. The summed E-state index contributed by atoms with van der Waals surface area (Å²) in [5, 5.41) is 2.83. The van der Waals surface area contributed by atoms with E-state index in [-0.39, 0.29) is 5.69 Å². The second-order valence-electron chi connectivity index (χ2n) is 3.50. The summed E-state index contributed by atoms with van der Waals surface area (Å²) in [6, 6.07) is 4.53. The van der Waals surface area contributed by atoms with Gasteiger partial charge >= 0.3 is 0 Å². The zero-order valence-electron chi connectivity index (χ0n) is 9.95. The molecule has 0 amide bonds. The summed E-state index contributed by atoms with van der Waals surface area (Å²) in [6.07, 6.45) is 1.29. The quantitative estimate of drug-likeness (QED) is 0.590. The maximum atomic E-state index is 13.7. The van der Waals surface area contributed by atoms with Crippen LogP contribution >= 0.6 is 15.9 Å². The summed E-state index contributed by atoms with van der Waals surface area (Å²) in [5.41, 5.74) is 2.64. The van der Waals surface area contributed by atoms with Crippen molar-refractivity contribution in [2.24, 2.45) is 5.84 Å². The maximum Gasteiger partial charge on any atom is 0.205 e. The van der Waals surface area contributed by atoms with Crippen LogP contribution in [0.25, 0.3) is 0 Å². The third-order valence-corrected chi connectivity index (χ3v) is 2.82. The summed E-state index contributed by atoms with van der Waals surface area (Å²) >= 11 is 3.27. The van der Waals surface area contributed by atoms with Crippen LogP contribution in [0.15, 0.2) is 29.0 Å². The molecule has 0 spiro atoms. The van der Waals surface area contributed by atoms with E-state index in [1.165, 1.54) is 19.5 Å². The van der Waals surface area contributed by atoms with Crippen LogP contribution in [0.4, 0.5) is 21.7 Å². The summed E-state index contributed by atoms with van der Waals surface area (Å²) in [6.45, 7) is 0. The van der Waals surface area contributed by atoms with Gasteiger partial charge in [-0.15, -0.1) is 0 Å². The molecule has 0 saturated heterocycles. The van der Waals surface area contributed by atoms with E-state index in [9.17, 15) is 4.39 Å². The lowest BCUT2D eigenvalue weighted by Crippen LogP contribution is -2.11. The fourth-order valence-electron chi connectivity index (χ4n) is 1.48. The molecule has 2 rings (SSSR count). The Morgan fingerprint density at radius 1 is 1.32 bits per heavy atom. The molecule has 100 valence electrons. The number of anilines is 3. The van der Waals surface area contributed by atoms with Crippen LogP contribution in [-0.4, -0.2) is 17.1 Å². The van der Waals surface area contributed by atoms with Crippen LogP contribution < -0.4 is 21.3 Å². The van der Waals surface area contributed by atoms with E-state index >= 15 is 0 Å². The highest BCUT2D eigenvalue weighted by atomic mass is 79.9. The van der Waals surface area contributed by atoms with Crippen molar-refractivity contribution < 1.29 is 9.13 Å². The molecule has 1 aromatic heterocycles. The first kappa shape index (κ1) is 13.5. The van der Waals surface area contributed by atoms with Gasteiger partial charge in [0.05, 0.1) is 12.8 Å². The molecule has 0 aliphatic carbocycles. The first-order valence-corrected chi connectivity index (χ1v) is 6.02. The monoisotopic (exact) mass is 327 g/mol. The predicted octanol–water partition coefficient (Wildman–Crippen LogP) is 2.42. The van der Waals surface area contributed by atoms with E-state index in [1.807, 2.05) is 0 Å². The summed E-state index contributed by atoms with van der Waals surface area (Å²) < 4.78 is 19.5. The molecule has 0 unspecified atom stereocenters. The van der Waals surface area contributed by atoms with Crippen molar-refractivity contribution in [3.8, 4) is 5.75 Å².